The van der Waals surface area contributed by atoms with Crippen LogP contribution in [0.2, 0.25) is 0 Å². The second kappa shape index (κ2) is 6.96. The fourth-order valence-electron chi connectivity index (χ4n) is 3.77. The first-order valence-corrected chi connectivity index (χ1v) is 9.05. The molecule has 1 aliphatic heterocycles. The lowest BCUT2D eigenvalue weighted by Gasteiger charge is -2.42. The molecule has 1 saturated carbocycles. The van der Waals surface area contributed by atoms with E-state index in [2.05, 4.69) is 17.0 Å². The molecule has 2 aromatic rings. The van der Waals surface area contributed by atoms with E-state index in [1.165, 1.54) is 30.5 Å². The van der Waals surface area contributed by atoms with Crippen LogP contribution < -0.4 is 0 Å². The first-order valence-electron chi connectivity index (χ1n) is 9.05. The summed E-state index contributed by atoms with van der Waals surface area (Å²) >= 11 is 0. The van der Waals surface area contributed by atoms with Crippen molar-refractivity contribution < 1.29 is 9.18 Å². The zero-order chi connectivity index (χ0) is 17.2. The highest BCUT2D eigenvalue weighted by Crippen LogP contribution is 2.30. The van der Waals surface area contributed by atoms with Crippen LogP contribution in [-0.2, 0) is 6.42 Å². The van der Waals surface area contributed by atoms with Gasteiger partial charge in [-0.1, -0.05) is 36.4 Å². The molecule has 3 nitrogen and oxygen atoms in total. The quantitative estimate of drug-likeness (QED) is 0.853. The van der Waals surface area contributed by atoms with Gasteiger partial charge in [0, 0.05) is 37.3 Å². The van der Waals surface area contributed by atoms with Gasteiger partial charge < -0.3 is 4.90 Å². The Hall–Kier alpha value is -2.20. The molecule has 0 radical (unpaired) electrons. The van der Waals surface area contributed by atoms with Crippen molar-refractivity contribution in [1.29, 1.82) is 0 Å². The SMILES string of the molecule is O=C(c1cccc(F)c1)N1CCN(C2CC2)CC1Cc1ccccc1. The molecule has 1 saturated heterocycles. The Morgan fingerprint density at radius 2 is 1.84 bits per heavy atom. The maximum Gasteiger partial charge on any atom is 0.254 e. The normalized spacial score (nSPS) is 21.3. The topological polar surface area (TPSA) is 23.6 Å². The number of hydrogen-bond donors (Lipinski definition) is 0. The van der Waals surface area contributed by atoms with Crippen LogP contribution in [0.3, 0.4) is 0 Å². The van der Waals surface area contributed by atoms with Crippen molar-refractivity contribution in [2.45, 2.75) is 31.3 Å². The number of amides is 1. The van der Waals surface area contributed by atoms with Crippen LogP contribution in [0.4, 0.5) is 4.39 Å². The highest BCUT2D eigenvalue weighted by Gasteiger charge is 2.37. The molecule has 0 bridgehead atoms. The Labute approximate surface area is 148 Å². The summed E-state index contributed by atoms with van der Waals surface area (Å²) in [4.78, 5) is 17.4. The molecule has 4 heteroatoms. The first-order chi connectivity index (χ1) is 12.2. The van der Waals surface area contributed by atoms with Gasteiger partial charge in [0.05, 0.1) is 0 Å². The van der Waals surface area contributed by atoms with Crippen molar-refractivity contribution in [1.82, 2.24) is 9.80 Å². The third-order valence-corrected chi connectivity index (χ3v) is 5.22. The zero-order valence-corrected chi connectivity index (χ0v) is 14.3. The highest BCUT2D eigenvalue weighted by molar-refractivity contribution is 5.94. The highest BCUT2D eigenvalue weighted by atomic mass is 19.1. The molecule has 1 aliphatic carbocycles. The Morgan fingerprint density at radius 3 is 2.56 bits per heavy atom. The Bertz CT molecular complexity index is 745. The Morgan fingerprint density at radius 1 is 1.04 bits per heavy atom. The first kappa shape index (κ1) is 16.3. The predicted octanol–water partition coefficient (Wildman–Crippen LogP) is 3.36. The number of rotatable bonds is 4. The Kier molecular flexibility index (Phi) is 4.53. The van der Waals surface area contributed by atoms with Gasteiger partial charge in [0.1, 0.15) is 5.82 Å². The van der Waals surface area contributed by atoms with Crippen molar-refractivity contribution in [2.24, 2.45) is 0 Å². The fraction of sp³-hybridized carbons (Fsp3) is 0.381. The molecule has 130 valence electrons. The van der Waals surface area contributed by atoms with Gasteiger partial charge in [0.15, 0.2) is 0 Å². The fourth-order valence-corrected chi connectivity index (χ4v) is 3.77. The summed E-state index contributed by atoms with van der Waals surface area (Å²) in [6.07, 6.45) is 3.39. The molecule has 1 atom stereocenters. The number of halogens is 1. The van der Waals surface area contributed by atoms with E-state index in [9.17, 15) is 9.18 Å². The smallest absolute Gasteiger partial charge is 0.254 e. The van der Waals surface area contributed by atoms with Crippen LogP contribution in [0, 0.1) is 5.82 Å². The molecule has 0 spiro atoms. The van der Waals surface area contributed by atoms with Gasteiger partial charge in [-0.15, -0.1) is 0 Å². The van der Waals surface area contributed by atoms with Crippen molar-refractivity contribution in [2.75, 3.05) is 19.6 Å². The van der Waals surface area contributed by atoms with Crippen LogP contribution in [0.1, 0.15) is 28.8 Å². The van der Waals surface area contributed by atoms with E-state index in [0.717, 1.165) is 19.5 Å². The van der Waals surface area contributed by atoms with E-state index < -0.39 is 0 Å². The molecular weight excluding hydrogens is 315 g/mol. The number of piperazine rings is 1. The second-order valence-electron chi connectivity index (χ2n) is 7.08. The summed E-state index contributed by atoms with van der Waals surface area (Å²) < 4.78 is 13.5. The summed E-state index contributed by atoms with van der Waals surface area (Å²) in [5.41, 5.74) is 1.68. The van der Waals surface area contributed by atoms with Crippen molar-refractivity contribution >= 4 is 5.91 Å². The van der Waals surface area contributed by atoms with Crippen LogP contribution in [-0.4, -0.2) is 47.4 Å². The van der Waals surface area contributed by atoms with Gasteiger partial charge in [0.25, 0.3) is 5.91 Å². The third kappa shape index (κ3) is 3.74. The maximum atomic E-state index is 13.5. The third-order valence-electron chi connectivity index (χ3n) is 5.22. The minimum Gasteiger partial charge on any atom is -0.333 e. The summed E-state index contributed by atoms with van der Waals surface area (Å²) in [6.45, 7) is 2.53. The van der Waals surface area contributed by atoms with Gasteiger partial charge >= 0.3 is 0 Å². The summed E-state index contributed by atoms with van der Waals surface area (Å²) in [5.74, 6) is -0.419. The van der Waals surface area contributed by atoms with E-state index in [0.29, 0.717) is 18.2 Å². The average Bonchev–Trinajstić information content (AvgIpc) is 3.47. The van der Waals surface area contributed by atoms with E-state index in [1.54, 1.807) is 12.1 Å². The Balaban J connectivity index is 1.56. The predicted molar refractivity (Wildman–Crippen MR) is 96.0 cm³/mol. The number of carbonyl (C=O) groups is 1. The van der Waals surface area contributed by atoms with Crippen molar-refractivity contribution in [3.63, 3.8) is 0 Å². The van der Waals surface area contributed by atoms with Crippen molar-refractivity contribution in [3.05, 3.63) is 71.5 Å². The van der Waals surface area contributed by atoms with Crippen LogP contribution in [0.15, 0.2) is 54.6 Å². The van der Waals surface area contributed by atoms with Gasteiger partial charge in [-0.3, -0.25) is 9.69 Å². The number of nitrogens with zero attached hydrogens (tertiary/aromatic N) is 2. The van der Waals surface area contributed by atoms with Crippen LogP contribution >= 0.6 is 0 Å². The van der Waals surface area contributed by atoms with E-state index in [4.69, 9.17) is 0 Å². The lowest BCUT2D eigenvalue weighted by molar-refractivity contribution is 0.0437. The van der Waals surface area contributed by atoms with Gasteiger partial charge in [-0.05, 0) is 43.0 Å². The molecule has 2 aliphatic rings. The van der Waals surface area contributed by atoms with Gasteiger partial charge in [-0.25, -0.2) is 4.39 Å². The summed E-state index contributed by atoms with van der Waals surface area (Å²) in [7, 11) is 0. The number of benzene rings is 2. The monoisotopic (exact) mass is 338 g/mol. The zero-order valence-electron chi connectivity index (χ0n) is 14.3. The molecule has 1 amide bonds. The van der Waals surface area contributed by atoms with E-state index in [-0.39, 0.29) is 17.8 Å². The van der Waals surface area contributed by atoms with Crippen molar-refractivity contribution in [3.8, 4) is 0 Å². The van der Waals surface area contributed by atoms with Gasteiger partial charge in [0.2, 0.25) is 0 Å². The standard InChI is InChI=1S/C21H23FN2O/c22-18-8-4-7-17(14-18)21(25)24-12-11-23(19-9-10-19)15-20(24)13-16-5-2-1-3-6-16/h1-8,14,19-20H,9-13,15H2. The molecule has 0 aromatic heterocycles. The minimum atomic E-state index is -0.359. The minimum absolute atomic E-state index is 0.0594. The number of hydrogen-bond acceptors (Lipinski definition) is 2. The van der Waals surface area contributed by atoms with Crippen LogP contribution in [0.25, 0.3) is 0 Å². The lowest BCUT2D eigenvalue weighted by atomic mass is 10.0. The van der Waals surface area contributed by atoms with E-state index in [1.807, 2.05) is 23.1 Å². The van der Waals surface area contributed by atoms with Crippen LogP contribution in [0.5, 0.6) is 0 Å². The molecule has 1 heterocycles. The molecule has 0 N–H and O–H groups in total. The molecule has 25 heavy (non-hydrogen) atoms. The largest absolute Gasteiger partial charge is 0.333 e. The second-order valence-corrected chi connectivity index (χ2v) is 7.08. The number of carbonyl (C=O) groups excluding carboxylic acids is 1. The molecule has 2 fully saturated rings. The van der Waals surface area contributed by atoms with E-state index >= 15 is 0 Å². The molecule has 4 rings (SSSR count). The molecule has 1 unspecified atom stereocenters. The maximum absolute atomic E-state index is 13.5. The van der Waals surface area contributed by atoms with Gasteiger partial charge in [-0.2, -0.15) is 0 Å². The summed E-state index contributed by atoms with van der Waals surface area (Å²) in [6, 6.07) is 17.2. The molecular formula is C21H23FN2O. The average molecular weight is 338 g/mol. The lowest BCUT2D eigenvalue weighted by Crippen LogP contribution is -2.56. The molecule has 2 aromatic carbocycles. The summed E-state index contributed by atoms with van der Waals surface area (Å²) in [5, 5.41) is 0.